The number of piperidine rings is 1. The van der Waals surface area contributed by atoms with E-state index in [2.05, 4.69) is 0 Å². The molecular formula is C24H29NO3. The third kappa shape index (κ3) is 3.93. The Morgan fingerprint density at radius 1 is 1.14 bits per heavy atom. The van der Waals surface area contributed by atoms with Crippen molar-refractivity contribution >= 4 is 5.78 Å². The zero-order chi connectivity index (χ0) is 35.3. The van der Waals surface area contributed by atoms with Crippen molar-refractivity contribution in [1.29, 1.82) is 0 Å². The van der Waals surface area contributed by atoms with Gasteiger partial charge in [0.15, 0.2) is 17.3 Å². The lowest BCUT2D eigenvalue weighted by Crippen LogP contribution is -2.34. The molecule has 4 rings (SSSR count). The van der Waals surface area contributed by atoms with E-state index in [4.69, 9.17) is 34.1 Å². The second-order valence-corrected chi connectivity index (χ2v) is 6.18. The molecule has 1 atom stereocenters. The topological polar surface area (TPSA) is 38.8 Å². The summed E-state index contributed by atoms with van der Waals surface area (Å²) in [7, 11) is -6.45. The van der Waals surface area contributed by atoms with Crippen LogP contribution in [0.25, 0.3) is 0 Å². The van der Waals surface area contributed by atoms with Crippen molar-refractivity contribution in [2.24, 2.45) is 11.8 Å². The number of likely N-dealkylation sites (tertiary alicyclic amines) is 1. The molecular weight excluding hydrogens is 350 g/mol. The van der Waals surface area contributed by atoms with Gasteiger partial charge < -0.3 is 9.47 Å². The van der Waals surface area contributed by atoms with Gasteiger partial charge in [-0.2, -0.15) is 0 Å². The molecule has 1 aliphatic carbocycles. The predicted octanol–water partition coefficient (Wildman–Crippen LogP) is 4.36. The molecule has 2 aromatic carbocycles. The van der Waals surface area contributed by atoms with Crippen molar-refractivity contribution in [3.05, 3.63) is 59.2 Å². The van der Waals surface area contributed by atoms with Crippen LogP contribution in [0.4, 0.5) is 0 Å². The Hall–Kier alpha value is -2.33. The molecule has 1 heterocycles. The molecule has 4 heteroatoms. The van der Waals surface area contributed by atoms with Gasteiger partial charge in [-0.1, -0.05) is 30.3 Å². The molecule has 28 heavy (non-hydrogen) atoms. The smallest absolute Gasteiger partial charge is 0.166 e. The van der Waals surface area contributed by atoms with Gasteiger partial charge in [-0.15, -0.1) is 0 Å². The number of rotatable bonds is 6. The van der Waals surface area contributed by atoms with Crippen molar-refractivity contribution in [1.82, 2.24) is 4.90 Å². The van der Waals surface area contributed by atoms with E-state index >= 15 is 0 Å². The van der Waals surface area contributed by atoms with Gasteiger partial charge in [0.25, 0.3) is 0 Å². The van der Waals surface area contributed by atoms with Crippen molar-refractivity contribution < 1.29 is 38.9 Å². The molecule has 0 bridgehead atoms. The minimum atomic E-state index is -3.71. The summed E-state index contributed by atoms with van der Waals surface area (Å²) in [6, 6.07) is 8.86. The van der Waals surface area contributed by atoms with Crippen LogP contribution in [0.15, 0.2) is 42.5 Å². The first-order chi connectivity index (χ1) is 20.5. The molecule has 1 aliphatic heterocycles. The molecule has 1 fully saturated rings. The monoisotopic (exact) mass is 397 g/mol. The lowest BCUT2D eigenvalue weighted by molar-refractivity contribution is 0.0895. The maximum atomic E-state index is 13.8. The number of fused-ring (bicyclic) bond motifs is 1. The molecule has 0 N–H and O–H groups in total. The Balaban J connectivity index is 1.88. The minimum Gasteiger partial charge on any atom is -0.493 e. The van der Waals surface area contributed by atoms with Gasteiger partial charge >= 0.3 is 0 Å². The number of carbonyl (C=O) groups is 1. The first-order valence-electron chi connectivity index (χ1n) is 17.4. The van der Waals surface area contributed by atoms with Crippen LogP contribution in [0, 0.1) is 11.8 Å². The first-order valence-corrected chi connectivity index (χ1v) is 8.41. The zero-order valence-electron chi connectivity index (χ0n) is 32.6. The molecule has 2 aromatic rings. The van der Waals surface area contributed by atoms with E-state index in [1.807, 2.05) is 0 Å². The molecule has 0 aromatic heterocycles. The molecule has 4 nitrogen and oxygen atoms in total. The van der Waals surface area contributed by atoms with Gasteiger partial charge in [0.2, 0.25) is 0 Å². The number of carbonyl (C=O) groups excluding carboxylic acids is 1. The largest absolute Gasteiger partial charge is 0.493 e. The molecule has 1 unspecified atom stereocenters. The second-order valence-electron chi connectivity index (χ2n) is 6.18. The summed E-state index contributed by atoms with van der Waals surface area (Å²) in [5, 5.41) is 0. The van der Waals surface area contributed by atoms with E-state index < -0.39 is 99.4 Å². The van der Waals surface area contributed by atoms with Crippen LogP contribution < -0.4 is 9.47 Å². The summed E-state index contributed by atoms with van der Waals surface area (Å²) >= 11 is 0. The Bertz CT molecular complexity index is 1490. The van der Waals surface area contributed by atoms with Crippen LogP contribution >= 0.6 is 0 Å². The maximum Gasteiger partial charge on any atom is 0.166 e. The lowest BCUT2D eigenvalue weighted by atomic mass is 9.85. The summed E-state index contributed by atoms with van der Waals surface area (Å²) in [6.45, 7) is -7.59. The molecule has 2 aliphatic rings. The molecule has 0 radical (unpaired) electrons. The highest BCUT2D eigenvalue weighted by Crippen LogP contribution is 2.39. The number of methoxy groups -OCH3 is 2. The Morgan fingerprint density at radius 2 is 1.86 bits per heavy atom. The Labute approximate surface area is 192 Å². The third-order valence-electron chi connectivity index (χ3n) is 4.33. The van der Waals surface area contributed by atoms with Gasteiger partial charge in [0.05, 0.1) is 22.3 Å². The minimum absolute atomic E-state index is 0.273. The van der Waals surface area contributed by atoms with Crippen molar-refractivity contribution in [3.63, 3.8) is 0 Å². The average molecular weight is 398 g/mol. The molecule has 0 saturated carbocycles. The Morgan fingerprint density at radius 3 is 2.57 bits per heavy atom. The first kappa shape index (κ1) is 7.17. The van der Waals surface area contributed by atoms with Crippen molar-refractivity contribution in [3.8, 4) is 11.5 Å². The standard InChI is InChI=1S/C24H29NO3/c1-27-22-14-19-13-20(24(26)21(19)15-23(22)28-2)12-17-8-10-25(11-9-17)16-18-6-4-3-5-7-18/h3-7,14-15,17,20H,8-13,16H2,1-2H3/i1D3,2D3,8D2,9D2,10D2,11D2,13D2,17D,20D. The second kappa shape index (κ2) is 8.36. The highest BCUT2D eigenvalue weighted by Gasteiger charge is 2.34. The van der Waals surface area contributed by atoms with E-state index in [0.717, 1.165) is 0 Å². The Kier molecular flexibility index (Phi) is 2.14. The van der Waals surface area contributed by atoms with Crippen LogP contribution in [-0.4, -0.2) is 37.8 Å². The summed E-state index contributed by atoms with van der Waals surface area (Å²) < 4.78 is 159. The van der Waals surface area contributed by atoms with E-state index in [9.17, 15) is 4.79 Å². The van der Waals surface area contributed by atoms with Crippen LogP contribution in [0.5, 0.6) is 11.5 Å². The fourth-order valence-corrected chi connectivity index (χ4v) is 2.96. The normalized spacial score (nSPS) is 43.4. The summed E-state index contributed by atoms with van der Waals surface area (Å²) in [4.78, 5) is 14.1. The maximum absolute atomic E-state index is 13.8. The fraction of sp³-hybridized carbons (Fsp3) is 0.458. The number of ether oxygens (including phenoxy) is 2. The summed E-state index contributed by atoms with van der Waals surface area (Å²) in [6.07, 6.45) is -12.4. The zero-order valence-corrected chi connectivity index (χ0v) is 14.6. The number of hydrogen-bond donors (Lipinski definition) is 0. The third-order valence-corrected chi connectivity index (χ3v) is 4.33. The van der Waals surface area contributed by atoms with Crippen molar-refractivity contribution in [2.45, 2.75) is 32.1 Å². The van der Waals surface area contributed by atoms with Crippen LogP contribution in [0.3, 0.4) is 0 Å². The van der Waals surface area contributed by atoms with Crippen LogP contribution in [0.2, 0.25) is 0 Å². The average Bonchev–Trinajstić information content (AvgIpc) is 3.02. The highest BCUT2D eigenvalue weighted by molar-refractivity contribution is 6.02. The van der Waals surface area contributed by atoms with E-state index in [1.165, 1.54) is 12.1 Å². The summed E-state index contributed by atoms with van der Waals surface area (Å²) in [5.74, 6) is -10.2. The highest BCUT2D eigenvalue weighted by atomic mass is 16.5. The number of nitrogens with zero attached hydrogens (tertiary/aromatic N) is 1. The molecule has 0 spiro atoms. The van der Waals surface area contributed by atoms with E-state index in [-0.39, 0.29) is 10.5 Å². The number of ketones is 1. The molecule has 0 amide bonds. The SMILES string of the molecule is [2H]C([2H])([2H])Oc1cc2c(cc1OC([2H])([2H])[2H])C([2H])([2H])C([2H])(CC1([2H])C([2H])([2H])C([2H])([2H])N(Cc3ccccc3)C([2H])([2H])C1([2H])[2H])C2=O. The van der Waals surface area contributed by atoms with Gasteiger partial charge in [-0.05, 0) is 67.7 Å². The quantitative estimate of drug-likeness (QED) is 0.726. The van der Waals surface area contributed by atoms with Gasteiger partial charge in [0, 0.05) is 34.5 Å². The predicted molar refractivity (Wildman–Crippen MR) is 110 cm³/mol. The van der Waals surface area contributed by atoms with Crippen LogP contribution in [0.1, 0.15) is 65.3 Å². The molecule has 148 valence electrons. The molecule has 1 saturated heterocycles. The fourth-order valence-electron chi connectivity index (χ4n) is 2.96. The number of hydrogen-bond acceptors (Lipinski definition) is 4. The van der Waals surface area contributed by atoms with Crippen LogP contribution in [-0.2, 0) is 12.9 Å². The van der Waals surface area contributed by atoms with Gasteiger partial charge in [-0.25, -0.2) is 0 Å². The van der Waals surface area contributed by atoms with Gasteiger partial charge in [-0.3, -0.25) is 9.69 Å². The summed E-state index contributed by atoms with van der Waals surface area (Å²) in [5.41, 5.74) is -1.21. The lowest BCUT2D eigenvalue weighted by Gasteiger charge is -2.32. The van der Waals surface area contributed by atoms with Crippen molar-refractivity contribution in [2.75, 3.05) is 27.1 Å². The number of Topliss-reactive ketones (excluding diaryl/α,β-unsaturated/α-hetero) is 1. The van der Waals surface area contributed by atoms with E-state index in [0.29, 0.717) is 12.1 Å². The van der Waals surface area contributed by atoms with Gasteiger partial charge in [0.1, 0.15) is 0 Å². The van der Waals surface area contributed by atoms with E-state index in [1.54, 1.807) is 18.2 Å². The number of benzene rings is 2.